The van der Waals surface area contributed by atoms with Crippen LogP contribution in [0.5, 0.6) is 0 Å². The molecule has 1 heterocycles. The number of hydrogen-bond acceptors (Lipinski definition) is 2. The molecule has 2 nitrogen and oxygen atoms in total. The largest absolute Gasteiger partial charge is 0.373 e. The number of piperidine rings is 1. The van der Waals surface area contributed by atoms with E-state index in [2.05, 4.69) is 55.4 Å². The highest BCUT2D eigenvalue weighted by Crippen LogP contribution is 2.19. The summed E-state index contributed by atoms with van der Waals surface area (Å²) >= 11 is 0. The van der Waals surface area contributed by atoms with E-state index in [1.54, 1.807) is 0 Å². The molecule has 1 aromatic carbocycles. The molecule has 1 aliphatic heterocycles. The first-order valence-electron chi connectivity index (χ1n) is 6.66. The minimum Gasteiger partial charge on any atom is -0.373 e. The molecular weight excluding hydrogens is 208 g/mol. The molecule has 0 aliphatic carbocycles. The predicted molar refractivity (Wildman–Crippen MR) is 74.6 cm³/mol. The summed E-state index contributed by atoms with van der Waals surface area (Å²) in [5.74, 6) is 0.868. The zero-order valence-electron chi connectivity index (χ0n) is 11.2. The number of likely N-dealkylation sites (N-methyl/N-ethyl adjacent to an activating group) is 1. The van der Waals surface area contributed by atoms with Crippen LogP contribution in [0, 0.1) is 12.8 Å². The molecule has 1 aromatic rings. The van der Waals surface area contributed by atoms with Crippen LogP contribution in [0.2, 0.25) is 0 Å². The third-order valence-corrected chi connectivity index (χ3v) is 3.69. The number of anilines is 1. The van der Waals surface area contributed by atoms with Crippen LogP contribution < -0.4 is 10.2 Å². The molecule has 1 fully saturated rings. The van der Waals surface area contributed by atoms with Crippen molar-refractivity contribution in [3.05, 3.63) is 29.8 Å². The van der Waals surface area contributed by atoms with Gasteiger partial charge >= 0.3 is 0 Å². The van der Waals surface area contributed by atoms with Gasteiger partial charge in [-0.05, 0) is 49.9 Å². The van der Waals surface area contributed by atoms with Gasteiger partial charge in [0.2, 0.25) is 0 Å². The zero-order chi connectivity index (χ0) is 12.3. The summed E-state index contributed by atoms with van der Waals surface area (Å²) in [5, 5.41) is 3.62. The van der Waals surface area contributed by atoms with Gasteiger partial charge in [-0.1, -0.05) is 19.1 Å². The minimum atomic E-state index is 0.643. The normalized spacial score (nSPS) is 24.6. The van der Waals surface area contributed by atoms with Gasteiger partial charge in [0.15, 0.2) is 0 Å². The molecule has 94 valence electrons. The van der Waals surface area contributed by atoms with Crippen LogP contribution in [0.25, 0.3) is 0 Å². The van der Waals surface area contributed by atoms with Crippen LogP contribution in [-0.4, -0.2) is 26.2 Å². The van der Waals surface area contributed by atoms with Crippen LogP contribution in [0.4, 0.5) is 5.69 Å². The van der Waals surface area contributed by atoms with E-state index in [0.717, 1.165) is 12.5 Å². The summed E-state index contributed by atoms with van der Waals surface area (Å²) in [5.41, 5.74) is 2.66. The smallest absolute Gasteiger partial charge is 0.0366 e. The maximum Gasteiger partial charge on any atom is 0.0366 e. The molecule has 0 saturated carbocycles. The van der Waals surface area contributed by atoms with Crippen molar-refractivity contribution in [3.63, 3.8) is 0 Å². The molecule has 2 heteroatoms. The molecule has 17 heavy (non-hydrogen) atoms. The number of rotatable bonds is 3. The Balaban J connectivity index is 1.94. The minimum absolute atomic E-state index is 0.643. The Hall–Kier alpha value is -1.02. The first-order valence-corrected chi connectivity index (χ1v) is 6.66. The van der Waals surface area contributed by atoms with Crippen LogP contribution in [0.3, 0.4) is 0 Å². The fourth-order valence-corrected chi connectivity index (χ4v) is 2.66. The summed E-state index contributed by atoms with van der Waals surface area (Å²) in [7, 11) is 2.19. The third-order valence-electron chi connectivity index (χ3n) is 3.69. The Morgan fingerprint density at radius 2 is 2.24 bits per heavy atom. The first kappa shape index (κ1) is 12.4. The summed E-state index contributed by atoms with van der Waals surface area (Å²) in [4.78, 5) is 2.36. The van der Waals surface area contributed by atoms with Crippen LogP contribution in [-0.2, 0) is 0 Å². The van der Waals surface area contributed by atoms with E-state index in [1.807, 2.05) is 0 Å². The van der Waals surface area contributed by atoms with Crippen molar-refractivity contribution < 1.29 is 0 Å². The SMILES string of the molecule is Cc1cccc(N(C)CC2CC(C)CCN2)c1. The van der Waals surface area contributed by atoms with Gasteiger partial charge in [0.25, 0.3) is 0 Å². The molecule has 0 spiro atoms. The van der Waals surface area contributed by atoms with Gasteiger partial charge in [-0.3, -0.25) is 0 Å². The predicted octanol–water partition coefficient (Wildman–Crippen LogP) is 2.82. The fourth-order valence-electron chi connectivity index (χ4n) is 2.66. The maximum atomic E-state index is 3.62. The number of aryl methyl sites for hydroxylation is 1. The van der Waals surface area contributed by atoms with Gasteiger partial charge in [0, 0.05) is 25.3 Å². The molecule has 1 N–H and O–H groups in total. The second-order valence-corrected chi connectivity index (χ2v) is 5.50. The molecule has 1 saturated heterocycles. The number of benzene rings is 1. The lowest BCUT2D eigenvalue weighted by Crippen LogP contribution is -2.44. The number of nitrogens with one attached hydrogen (secondary N) is 1. The van der Waals surface area contributed by atoms with E-state index in [-0.39, 0.29) is 0 Å². The second-order valence-electron chi connectivity index (χ2n) is 5.50. The topological polar surface area (TPSA) is 15.3 Å². The Morgan fingerprint density at radius 3 is 2.94 bits per heavy atom. The van der Waals surface area contributed by atoms with Gasteiger partial charge in [0.05, 0.1) is 0 Å². The number of hydrogen-bond donors (Lipinski definition) is 1. The van der Waals surface area contributed by atoms with Crippen LogP contribution in [0.1, 0.15) is 25.3 Å². The monoisotopic (exact) mass is 232 g/mol. The lowest BCUT2D eigenvalue weighted by Gasteiger charge is -2.32. The molecule has 0 aromatic heterocycles. The lowest BCUT2D eigenvalue weighted by molar-refractivity contribution is 0.322. The molecule has 0 amide bonds. The van der Waals surface area contributed by atoms with Crippen molar-refractivity contribution in [3.8, 4) is 0 Å². The molecule has 2 atom stereocenters. The van der Waals surface area contributed by atoms with Gasteiger partial charge in [-0.2, -0.15) is 0 Å². The second kappa shape index (κ2) is 5.54. The molecule has 0 bridgehead atoms. The van der Waals surface area contributed by atoms with Crippen molar-refractivity contribution in [2.75, 3.05) is 25.0 Å². The molecule has 2 rings (SSSR count). The summed E-state index contributed by atoms with van der Waals surface area (Å²) in [6.07, 6.45) is 2.63. The average Bonchev–Trinajstić information content (AvgIpc) is 2.29. The highest BCUT2D eigenvalue weighted by atomic mass is 15.1. The van der Waals surface area contributed by atoms with E-state index < -0.39 is 0 Å². The summed E-state index contributed by atoms with van der Waals surface area (Å²) < 4.78 is 0. The third kappa shape index (κ3) is 3.47. The summed E-state index contributed by atoms with van der Waals surface area (Å²) in [6, 6.07) is 9.38. The highest BCUT2D eigenvalue weighted by molar-refractivity contribution is 5.47. The molecular formula is C15H24N2. The van der Waals surface area contributed by atoms with E-state index in [0.29, 0.717) is 6.04 Å². The van der Waals surface area contributed by atoms with Crippen molar-refractivity contribution in [1.82, 2.24) is 5.32 Å². The van der Waals surface area contributed by atoms with E-state index in [1.165, 1.54) is 30.6 Å². The highest BCUT2D eigenvalue weighted by Gasteiger charge is 2.19. The van der Waals surface area contributed by atoms with Gasteiger partial charge in [0.1, 0.15) is 0 Å². The van der Waals surface area contributed by atoms with Crippen molar-refractivity contribution in [1.29, 1.82) is 0 Å². The Kier molecular flexibility index (Phi) is 4.06. The van der Waals surface area contributed by atoms with Crippen LogP contribution in [0.15, 0.2) is 24.3 Å². The Morgan fingerprint density at radius 1 is 1.41 bits per heavy atom. The Bertz CT molecular complexity index is 362. The lowest BCUT2D eigenvalue weighted by atomic mass is 9.94. The van der Waals surface area contributed by atoms with Crippen molar-refractivity contribution in [2.45, 2.75) is 32.7 Å². The Labute approximate surface area is 105 Å². The van der Waals surface area contributed by atoms with E-state index >= 15 is 0 Å². The quantitative estimate of drug-likeness (QED) is 0.862. The van der Waals surface area contributed by atoms with Crippen molar-refractivity contribution in [2.24, 2.45) is 5.92 Å². The molecule has 0 radical (unpaired) electrons. The van der Waals surface area contributed by atoms with E-state index in [9.17, 15) is 0 Å². The molecule has 1 aliphatic rings. The number of nitrogens with zero attached hydrogens (tertiary/aromatic N) is 1. The summed E-state index contributed by atoms with van der Waals surface area (Å²) in [6.45, 7) is 6.79. The standard InChI is InChI=1S/C15H24N2/c1-12-5-4-6-15(10-12)17(3)11-14-9-13(2)7-8-16-14/h4-6,10,13-14,16H,7-9,11H2,1-3H3. The van der Waals surface area contributed by atoms with Crippen LogP contribution >= 0.6 is 0 Å². The van der Waals surface area contributed by atoms with E-state index in [4.69, 9.17) is 0 Å². The van der Waals surface area contributed by atoms with Gasteiger partial charge in [-0.25, -0.2) is 0 Å². The van der Waals surface area contributed by atoms with Gasteiger partial charge in [-0.15, -0.1) is 0 Å². The maximum absolute atomic E-state index is 3.62. The zero-order valence-corrected chi connectivity index (χ0v) is 11.2. The average molecular weight is 232 g/mol. The molecule has 2 unspecified atom stereocenters. The fraction of sp³-hybridized carbons (Fsp3) is 0.600. The van der Waals surface area contributed by atoms with Crippen molar-refractivity contribution >= 4 is 5.69 Å². The first-order chi connectivity index (χ1) is 8.15. The van der Waals surface area contributed by atoms with Gasteiger partial charge < -0.3 is 10.2 Å².